The minimum Gasteiger partial charge on any atom is -0.481 e. The zero-order valence-corrected chi connectivity index (χ0v) is 13.1. The summed E-state index contributed by atoms with van der Waals surface area (Å²) in [5.74, 6) is 1.18. The van der Waals surface area contributed by atoms with Crippen LogP contribution in [0.15, 0.2) is 0 Å². The molecule has 4 nitrogen and oxygen atoms in total. The Balaban J connectivity index is 3.88. The number of hydrogen-bond acceptors (Lipinski definition) is 3. The van der Waals surface area contributed by atoms with Crippen LogP contribution >= 0.6 is 11.8 Å². The summed E-state index contributed by atoms with van der Waals surface area (Å²) in [6, 6.07) is 0. The average molecular weight is 289 g/mol. The fourth-order valence-corrected chi connectivity index (χ4v) is 2.80. The highest BCUT2D eigenvalue weighted by molar-refractivity contribution is 7.99. The molecule has 5 heteroatoms. The van der Waals surface area contributed by atoms with Crippen molar-refractivity contribution in [3.05, 3.63) is 0 Å². The van der Waals surface area contributed by atoms with Crippen molar-refractivity contribution in [1.82, 2.24) is 5.32 Å². The van der Waals surface area contributed by atoms with Crippen molar-refractivity contribution in [2.24, 2.45) is 11.8 Å². The standard InChI is InChI=1S/C14H27NO3S/c1-4-5-6-19-10-13(16)15-9-12(7-11(2)3)8-14(17)18/h11-12H,4-10H2,1-3H3,(H,15,16)(H,17,18)/t12-/m0/s1. The molecule has 2 N–H and O–H groups in total. The summed E-state index contributed by atoms with van der Waals surface area (Å²) >= 11 is 1.64. The lowest BCUT2D eigenvalue weighted by Gasteiger charge is -2.17. The van der Waals surface area contributed by atoms with Gasteiger partial charge in [-0.2, -0.15) is 11.8 Å². The average Bonchev–Trinajstić information content (AvgIpc) is 2.30. The second kappa shape index (κ2) is 11.1. The maximum Gasteiger partial charge on any atom is 0.303 e. The molecule has 19 heavy (non-hydrogen) atoms. The lowest BCUT2D eigenvalue weighted by atomic mass is 9.94. The monoisotopic (exact) mass is 289 g/mol. The predicted molar refractivity (Wildman–Crippen MR) is 80.4 cm³/mol. The molecule has 112 valence electrons. The highest BCUT2D eigenvalue weighted by Crippen LogP contribution is 2.14. The Hall–Kier alpha value is -0.710. The smallest absolute Gasteiger partial charge is 0.303 e. The summed E-state index contributed by atoms with van der Waals surface area (Å²) in [7, 11) is 0. The van der Waals surface area contributed by atoms with E-state index in [1.807, 2.05) is 0 Å². The molecule has 0 rings (SSSR count). The number of carbonyl (C=O) groups excluding carboxylic acids is 1. The van der Waals surface area contributed by atoms with Crippen LogP contribution in [0.1, 0.15) is 46.5 Å². The van der Waals surface area contributed by atoms with Gasteiger partial charge in [-0.3, -0.25) is 9.59 Å². The van der Waals surface area contributed by atoms with Crippen LogP contribution in [0.5, 0.6) is 0 Å². The van der Waals surface area contributed by atoms with E-state index in [0.717, 1.165) is 25.0 Å². The zero-order valence-electron chi connectivity index (χ0n) is 12.3. The van der Waals surface area contributed by atoms with Gasteiger partial charge in [0.2, 0.25) is 5.91 Å². The molecule has 0 saturated heterocycles. The van der Waals surface area contributed by atoms with Gasteiger partial charge in [-0.25, -0.2) is 0 Å². The van der Waals surface area contributed by atoms with Crippen molar-refractivity contribution in [2.75, 3.05) is 18.1 Å². The molecule has 0 aromatic heterocycles. The number of carboxylic acids is 1. The molecular weight excluding hydrogens is 262 g/mol. The molecule has 1 atom stereocenters. The van der Waals surface area contributed by atoms with Gasteiger partial charge in [-0.1, -0.05) is 27.2 Å². The Labute approximate surface area is 120 Å². The van der Waals surface area contributed by atoms with E-state index in [9.17, 15) is 9.59 Å². The Morgan fingerprint density at radius 1 is 1.32 bits per heavy atom. The second-order valence-corrected chi connectivity index (χ2v) is 6.41. The normalized spacial score (nSPS) is 12.4. The highest BCUT2D eigenvalue weighted by Gasteiger charge is 2.15. The minimum atomic E-state index is -0.794. The first-order chi connectivity index (χ1) is 8.95. The molecule has 0 fully saturated rings. The summed E-state index contributed by atoms with van der Waals surface area (Å²) in [6.45, 7) is 6.73. The third-order valence-corrected chi connectivity index (χ3v) is 3.77. The number of nitrogens with one attached hydrogen (secondary N) is 1. The molecule has 1 amide bonds. The molecule has 0 aliphatic rings. The maximum absolute atomic E-state index is 11.6. The zero-order chi connectivity index (χ0) is 14.7. The van der Waals surface area contributed by atoms with Crippen LogP contribution in [-0.2, 0) is 9.59 Å². The van der Waals surface area contributed by atoms with Crippen LogP contribution in [0.25, 0.3) is 0 Å². The number of carbonyl (C=O) groups is 2. The SMILES string of the molecule is CCCCSCC(=O)NC[C@H](CC(=O)O)CC(C)C. The van der Waals surface area contributed by atoms with Gasteiger partial charge in [-0.05, 0) is 30.4 Å². The van der Waals surface area contributed by atoms with Crippen LogP contribution < -0.4 is 5.32 Å². The van der Waals surface area contributed by atoms with Crippen molar-refractivity contribution < 1.29 is 14.7 Å². The van der Waals surface area contributed by atoms with Crippen molar-refractivity contribution in [1.29, 1.82) is 0 Å². The number of aliphatic carboxylic acids is 1. The summed E-state index contributed by atoms with van der Waals surface area (Å²) in [5.41, 5.74) is 0. The topological polar surface area (TPSA) is 66.4 Å². The molecule has 0 aliphatic carbocycles. The molecule has 0 saturated carbocycles. The summed E-state index contributed by atoms with van der Waals surface area (Å²) in [6.07, 6.45) is 3.23. The molecule has 0 spiro atoms. The Morgan fingerprint density at radius 3 is 2.53 bits per heavy atom. The lowest BCUT2D eigenvalue weighted by molar-refractivity contribution is -0.138. The summed E-state index contributed by atoms with van der Waals surface area (Å²) < 4.78 is 0. The van der Waals surface area contributed by atoms with Gasteiger partial charge >= 0.3 is 5.97 Å². The quantitative estimate of drug-likeness (QED) is 0.574. The van der Waals surface area contributed by atoms with Crippen LogP contribution in [0.2, 0.25) is 0 Å². The van der Waals surface area contributed by atoms with E-state index < -0.39 is 5.97 Å². The van der Waals surface area contributed by atoms with Gasteiger partial charge in [0.15, 0.2) is 0 Å². The molecule has 0 radical (unpaired) electrons. The number of carboxylic acid groups (broad SMARTS) is 1. The first-order valence-corrected chi connectivity index (χ1v) is 8.17. The highest BCUT2D eigenvalue weighted by atomic mass is 32.2. The maximum atomic E-state index is 11.6. The number of rotatable bonds is 11. The van der Waals surface area contributed by atoms with Crippen LogP contribution in [-0.4, -0.2) is 35.0 Å². The number of hydrogen-bond donors (Lipinski definition) is 2. The Morgan fingerprint density at radius 2 is 2.00 bits per heavy atom. The van der Waals surface area contributed by atoms with Gasteiger partial charge in [0.05, 0.1) is 5.75 Å². The van der Waals surface area contributed by atoms with E-state index >= 15 is 0 Å². The Bertz CT molecular complexity index is 269. The molecule has 0 aliphatic heterocycles. The van der Waals surface area contributed by atoms with Crippen LogP contribution in [0, 0.1) is 11.8 Å². The third-order valence-electron chi connectivity index (χ3n) is 2.73. The number of thioether (sulfide) groups is 1. The Kier molecular flexibility index (Phi) is 10.7. The number of unbranched alkanes of at least 4 members (excludes halogenated alkanes) is 1. The van der Waals surface area contributed by atoms with Crippen molar-refractivity contribution >= 4 is 23.6 Å². The first kappa shape index (κ1) is 18.3. The van der Waals surface area contributed by atoms with Crippen molar-refractivity contribution in [3.63, 3.8) is 0 Å². The predicted octanol–water partition coefficient (Wildman–Crippen LogP) is 2.77. The van der Waals surface area contributed by atoms with Crippen LogP contribution in [0.3, 0.4) is 0 Å². The summed E-state index contributed by atoms with van der Waals surface area (Å²) in [5, 5.41) is 11.7. The lowest BCUT2D eigenvalue weighted by Crippen LogP contribution is -2.32. The van der Waals surface area contributed by atoms with Gasteiger partial charge in [-0.15, -0.1) is 0 Å². The third kappa shape index (κ3) is 12.1. The first-order valence-electron chi connectivity index (χ1n) is 7.01. The van der Waals surface area contributed by atoms with E-state index in [0.29, 0.717) is 18.2 Å². The largest absolute Gasteiger partial charge is 0.481 e. The van der Waals surface area contributed by atoms with Gasteiger partial charge in [0, 0.05) is 13.0 Å². The van der Waals surface area contributed by atoms with E-state index in [4.69, 9.17) is 5.11 Å². The summed E-state index contributed by atoms with van der Waals surface area (Å²) in [4.78, 5) is 22.4. The van der Waals surface area contributed by atoms with Crippen molar-refractivity contribution in [2.45, 2.75) is 46.5 Å². The van der Waals surface area contributed by atoms with Crippen molar-refractivity contribution in [3.8, 4) is 0 Å². The fraction of sp³-hybridized carbons (Fsp3) is 0.857. The number of amides is 1. The fourth-order valence-electron chi connectivity index (χ4n) is 1.87. The van der Waals surface area contributed by atoms with E-state index in [-0.39, 0.29) is 18.2 Å². The van der Waals surface area contributed by atoms with Crippen LogP contribution in [0.4, 0.5) is 0 Å². The molecule has 0 bridgehead atoms. The van der Waals surface area contributed by atoms with E-state index in [1.165, 1.54) is 0 Å². The van der Waals surface area contributed by atoms with Gasteiger partial charge in [0.1, 0.15) is 0 Å². The minimum absolute atomic E-state index is 0.0141. The van der Waals surface area contributed by atoms with E-state index in [1.54, 1.807) is 11.8 Å². The second-order valence-electron chi connectivity index (χ2n) is 5.30. The van der Waals surface area contributed by atoms with E-state index in [2.05, 4.69) is 26.1 Å². The molecule has 0 heterocycles. The molecule has 0 aromatic rings. The van der Waals surface area contributed by atoms with Gasteiger partial charge < -0.3 is 10.4 Å². The van der Waals surface area contributed by atoms with Gasteiger partial charge in [0.25, 0.3) is 0 Å². The molecule has 0 aromatic carbocycles. The molecular formula is C14H27NO3S. The molecule has 0 unspecified atom stereocenters.